The molecule has 2 atom stereocenters. The highest BCUT2D eigenvalue weighted by Gasteiger charge is 2.19. The highest BCUT2D eigenvalue weighted by atomic mass is 15.1. The lowest BCUT2D eigenvalue weighted by atomic mass is 9.88. The van der Waals surface area contributed by atoms with Gasteiger partial charge < -0.3 is 10.2 Å². The minimum Gasteiger partial charge on any atom is -0.310 e. The summed E-state index contributed by atoms with van der Waals surface area (Å²) < 4.78 is 0. The van der Waals surface area contributed by atoms with Gasteiger partial charge >= 0.3 is 0 Å². The van der Waals surface area contributed by atoms with Crippen molar-refractivity contribution >= 4 is 0 Å². The molecule has 0 radical (unpaired) electrons. The van der Waals surface area contributed by atoms with E-state index in [2.05, 4.69) is 55.5 Å². The summed E-state index contributed by atoms with van der Waals surface area (Å²) >= 11 is 0. The molecule has 0 spiro atoms. The molecule has 94 valence electrons. The Hall–Kier alpha value is -0.860. The van der Waals surface area contributed by atoms with Crippen LogP contribution in [0.2, 0.25) is 0 Å². The molecule has 1 aromatic carbocycles. The van der Waals surface area contributed by atoms with E-state index in [1.165, 1.54) is 24.8 Å². The third-order valence-electron chi connectivity index (χ3n) is 3.51. The zero-order chi connectivity index (χ0) is 12.3. The number of hydrogen-bond donors (Lipinski definition) is 1. The van der Waals surface area contributed by atoms with E-state index in [1.54, 1.807) is 5.56 Å². The standard InChI is InChI=1S/C15H24N2/c1-12(11-17(2)3)16-15-9-8-13-6-4-5-7-14(13)10-15/h4-7,12,15-16H,8-11H2,1-3H3. The van der Waals surface area contributed by atoms with Crippen molar-refractivity contribution in [3.63, 3.8) is 0 Å². The van der Waals surface area contributed by atoms with Gasteiger partial charge in [-0.25, -0.2) is 0 Å². The van der Waals surface area contributed by atoms with E-state index in [1.807, 2.05) is 0 Å². The van der Waals surface area contributed by atoms with Gasteiger partial charge in [-0.05, 0) is 51.4 Å². The molecule has 0 amide bonds. The number of hydrogen-bond acceptors (Lipinski definition) is 2. The molecule has 0 heterocycles. The summed E-state index contributed by atoms with van der Waals surface area (Å²) in [6, 6.07) is 10.1. The van der Waals surface area contributed by atoms with Gasteiger partial charge in [-0.2, -0.15) is 0 Å². The Balaban J connectivity index is 1.90. The maximum absolute atomic E-state index is 3.75. The Morgan fingerprint density at radius 3 is 2.71 bits per heavy atom. The average Bonchev–Trinajstić information content (AvgIpc) is 2.27. The maximum Gasteiger partial charge on any atom is 0.0169 e. The van der Waals surface area contributed by atoms with Crippen molar-refractivity contribution in [3.8, 4) is 0 Å². The first kappa shape index (κ1) is 12.6. The second kappa shape index (κ2) is 5.65. The fraction of sp³-hybridized carbons (Fsp3) is 0.600. The number of rotatable bonds is 4. The van der Waals surface area contributed by atoms with Crippen LogP contribution < -0.4 is 5.32 Å². The van der Waals surface area contributed by atoms with Crippen LogP contribution in [-0.4, -0.2) is 37.6 Å². The van der Waals surface area contributed by atoms with Crippen molar-refractivity contribution in [2.75, 3.05) is 20.6 Å². The van der Waals surface area contributed by atoms with Gasteiger partial charge in [-0.15, -0.1) is 0 Å². The van der Waals surface area contributed by atoms with Crippen molar-refractivity contribution in [2.45, 2.75) is 38.3 Å². The van der Waals surface area contributed by atoms with Crippen LogP contribution in [0.3, 0.4) is 0 Å². The average molecular weight is 232 g/mol. The molecule has 1 aliphatic rings. The molecule has 0 saturated carbocycles. The monoisotopic (exact) mass is 232 g/mol. The smallest absolute Gasteiger partial charge is 0.0169 e. The number of fused-ring (bicyclic) bond motifs is 1. The van der Waals surface area contributed by atoms with Gasteiger partial charge in [0.2, 0.25) is 0 Å². The Bertz CT molecular complexity index is 360. The van der Waals surface area contributed by atoms with Gasteiger partial charge in [0.1, 0.15) is 0 Å². The van der Waals surface area contributed by atoms with E-state index < -0.39 is 0 Å². The molecule has 0 saturated heterocycles. The van der Waals surface area contributed by atoms with E-state index in [0.29, 0.717) is 12.1 Å². The number of benzene rings is 1. The third-order valence-corrected chi connectivity index (χ3v) is 3.51. The van der Waals surface area contributed by atoms with Crippen LogP contribution in [-0.2, 0) is 12.8 Å². The van der Waals surface area contributed by atoms with Crippen LogP contribution in [0, 0.1) is 0 Å². The van der Waals surface area contributed by atoms with Gasteiger partial charge in [-0.1, -0.05) is 24.3 Å². The number of nitrogens with zero attached hydrogens (tertiary/aromatic N) is 1. The number of aryl methyl sites for hydroxylation is 1. The van der Waals surface area contributed by atoms with Gasteiger partial charge in [0, 0.05) is 18.6 Å². The van der Waals surface area contributed by atoms with Crippen molar-refractivity contribution < 1.29 is 0 Å². The van der Waals surface area contributed by atoms with E-state index in [0.717, 1.165) is 6.54 Å². The fourth-order valence-electron chi connectivity index (χ4n) is 2.84. The molecular formula is C15H24N2. The van der Waals surface area contributed by atoms with Crippen LogP contribution in [0.4, 0.5) is 0 Å². The topological polar surface area (TPSA) is 15.3 Å². The SMILES string of the molecule is CC(CN(C)C)NC1CCc2ccccc2C1. The second-order valence-corrected chi connectivity index (χ2v) is 5.54. The van der Waals surface area contributed by atoms with Crippen molar-refractivity contribution in [2.24, 2.45) is 0 Å². The highest BCUT2D eigenvalue weighted by Crippen LogP contribution is 2.21. The largest absolute Gasteiger partial charge is 0.310 e. The van der Waals surface area contributed by atoms with E-state index in [-0.39, 0.29) is 0 Å². The van der Waals surface area contributed by atoms with Crippen LogP contribution in [0.5, 0.6) is 0 Å². The molecule has 2 heteroatoms. The first-order chi connectivity index (χ1) is 8.15. The predicted octanol–water partition coefficient (Wildman–Crippen LogP) is 2.08. The number of likely N-dealkylation sites (N-methyl/N-ethyl adjacent to an activating group) is 1. The second-order valence-electron chi connectivity index (χ2n) is 5.54. The molecule has 2 nitrogen and oxygen atoms in total. The van der Waals surface area contributed by atoms with Crippen LogP contribution in [0.1, 0.15) is 24.5 Å². The zero-order valence-corrected chi connectivity index (χ0v) is 11.2. The van der Waals surface area contributed by atoms with Gasteiger partial charge in [0.15, 0.2) is 0 Å². The quantitative estimate of drug-likeness (QED) is 0.855. The lowest BCUT2D eigenvalue weighted by Gasteiger charge is -2.29. The highest BCUT2D eigenvalue weighted by molar-refractivity contribution is 5.30. The molecule has 1 N–H and O–H groups in total. The molecule has 0 aromatic heterocycles. The predicted molar refractivity (Wildman–Crippen MR) is 73.4 cm³/mol. The molecule has 1 aliphatic carbocycles. The van der Waals surface area contributed by atoms with Gasteiger partial charge in [0.05, 0.1) is 0 Å². The summed E-state index contributed by atoms with van der Waals surface area (Å²) in [6.07, 6.45) is 3.69. The van der Waals surface area contributed by atoms with Crippen LogP contribution >= 0.6 is 0 Å². The maximum atomic E-state index is 3.75. The summed E-state index contributed by atoms with van der Waals surface area (Å²) in [6.45, 7) is 3.39. The van der Waals surface area contributed by atoms with Crippen molar-refractivity contribution in [1.82, 2.24) is 10.2 Å². The minimum absolute atomic E-state index is 0.570. The normalized spacial score (nSPS) is 21.3. The molecule has 17 heavy (non-hydrogen) atoms. The Morgan fingerprint density at radius 1 is 1.29 bits per heavy atom. The molecule has 1 aromatic rings. The Morgan fingerprint density at radius 2 is 2.00 bits per heavy atom. The van der Waals surface area contributed by atoms with Crippen LogP contribution in [0.25, 0.3) is 0 Å². The molecule has 0 aliphatic heterocycles. The first-order valence-electron chi connectivity index (χ1n) is 6.62. The van der Waals surface area contributed by atoms with Gasteiger partial charge in [0.25, 0.3) is 0 Å². The van der Waals surface area contributed by atoms with E-state index >= 15 is 0 Å². The molecule has 0 bridgehead atoms. The zero-order valence-electron chi connectivity index (χ0n) is 11.2. The first-order valence-corrected chi connectivity index (χ1v) is 6.62. The summed E-state index contributed by atoms with van der Waals surface area (Å²) in [7, 11) is 4.27. The summed E-state index contributed by atoms with van der Waals surface area (Å²) in [5, 5.41) is 3.75. The Kier molecular flexibility index (Phi) is 4.19. The van der Waals surface area contributed by atoms with Gasteiger partial charge in [-0.3, -0.25) is 0 Å². The van der Waals surface area contributed by atoms with E-state index in [9.17, 15) is 0 Å². The van der Waals surface area contributed by atoms with E-state index in [4.69, 9.17) is 0 Å². The lowest BCUT2D eigenvalue weighted by Crippen LogP contribution is -2.44. The third kappa shape index (κ3) is 3.55. The summed E-state index contributed by atoms with van der Waals surface area (Å²) in [5.41, 5.74) is 3.08. The summed E-state index contributed by atoms with van der Waals surface area (Å²) in [5.74, 6) is 0. The van der Waals surface area contributed by atoms with Crippen LogP contribution in [0.15, 0.2) is 24.3 Å². The fourth-order valence-corrected chi connectivity index (χ4v) is 2.84. The molecular weight excluding hydrogens is 208 g/mol. The molecule has 2 rings (SSSR count). The number of nitrogens with one attached hydrogen (secondary N) is 1. The Labute approximate surface area is 105 Å². The molecule has 2 unspecified atom stereocenters. The minimum atomic E-state index is 0.570. The molecule has 0 fully saturated rings. The van der Waals surface area contributed by atoms with Crippen molar-refractivity contribution in [1.29, 1.82) is 0 Å². The lowest BCUT2D eigenvalue weighted by molar-refractivity contribution is 0.317. The van der Waals surface area contributed by atoms with Crippen molar-refractivity contribution in [3.05, 3.63) is 35.4 Å². The summed E-state index contributed by atoms with van der Waals surface area (Å²) in [4.78, 5) is 2.24.